The summed E-state index contributed by atoms with van der Waals surface area (Å²) in [7, 11) is 1.89. The number of hydrogen-bond donors (Lipinski definition) is 1. The van der Waals surface area contributed by atoms with Gasteiger partial charge < -0.3 is 10.2 Å². The van der Waals surface area contributed by atoms with Gasteiger partial charge in [0.25, 0.3) is 0 Å². The van der Waals surface area contributed by atoms with Crippen LogP contribution in [0.2, 0.25) is 0 Å². The van der Waals surface area contributed by atoms with Gasteiger partial charge in [0, 0.05) is 25.2 Å². The van der Waals surface area contributed by atoms with Crippen LogP contribution in [0.5, 0.6) is 0 Å². The molecule has 1 saturated heterocycles. The Morgan fingerprint density at radius 3 is 2.94 bits per heavy atom. The minimum absolute atomic E-state index is 0.588. The summed E-state index contributed by atoms with van der Waals surface area (Å²) in [4.78, 5) is 11.0. The molecule has 16 heavy (non-hydrogen) atoms. The lowest BCUT2D eigenvalue weighted by Gasteiger charge is -2.29. The molecule has 1 fully saturated rings. The van der Waals surface area contributed by atoms with E-state index in [-0.39, 0.29) is 0 Å². The fourth-order valence-electron chi connectivity index (χ4n) is 2.51. The van der Waals surface area contributed by atoms with Crippen molar-refractivity contribution in [1.29, 1.82) is 0 Å². The number of aromatic nitrogens is 2. The minimum Gasteiger partial charge on any atom is -0.373 e. The molecule has 2 atom stereocenters. The van der Waals surface area contributed by atoms with Crippen LogP contribution < -0.4 is 10.2 Å². The minimum atomic E-state index is 0.588. The molecule has 0 bridgehead atoms. The van der Waals surface area contributed by atoms with E-state index in [9.17, 15) is 0 Å². The third kappa shape index (κ3) is 1.96. The van der Waals surface area contributed by atoms with E-state index in [1.807, 2.05) is 13.1 Å². The van der Waals surface area contributed by atoms with Crippen LogP contribution in [0.3, 0.4) is 0 Å². The van der Waals surface area contributed by atoms with E-state index in [4.69, 9.17) is 0 Å². The van der Waals surface area contributed by atoms with E-state index in [1.54, 1.807) is 6.33 Å². The normalized spacial score (nSPS) is 24.8. The van der Waals surface area contributed by atoms with Gasteiger partial charge in [-0.1, -0.05) is 6.92 Å². The summed E-state index contributed by atoms with van der Waals surface area (Å²) in [6, 6.07) is 3.25. The zero-order chi connectivity index (χ0) is 11.5. The Morgan fingerprint density at radius 2 is 2.25 bits per heavy atom. The zero-order valence-corrected chi connectivity index (χ0v) is 10.3. The summed E-state index contributed by atoms with van der Waals surface area (Å²) in [5.41, 5.74) is 0. The van der Waals surface area contributed by atoms with Crippen molar-refractivity contribution in [3.63, 3.8) is 0 Å². The monoisotopic (exact) mass is 220 g/mol. The first-order valence-electron chi connectivity index (χ1n) is 6.04. The maximum atomic E-state index is 4.39. The average molecular weight is 220 g/mol. The summed E-state index contributed by atoms with van der Waals surface area (Å²) < 4.78 is 0. The maximum absolute atomic E-state index is 4.39. The van der Waals surface area contributed by atoms with E-state index >= 15 is 0 Å². The predicted octanol–water partition coefficient (Wildman–Crippen LogP) is 2.29. The second kappa shape index (κ2) is 4.68. The van der Waals surface area contributed by atoms with Crippen LogP contribution in [0.25, 0.3) is 0 Å². The highest BCUT2D eigenvalue weighted by atomic mass is 15.3. The first-order chi connectivity index (χ1) is 7.76. The largest absolute Gasteiger partial charge is 0.373 e. The van der Waals surface area contributed by atoms with E-state index in [2.05, 4.69) is 34.0 Å². The third-order valence-electron chi connectivity index (χ3n) is 3.43. The summed E-state index contributed by atoms with van der Waals surface area (Å²) in [6.45, 7) is 4.52. The number of rotatable bonds is 3. The van der Waals surface area contributed by atoms with Gasteiger partial charge in [-0.25, -0.2) is 9.97 Å². The Labute approximate surface area is 97.1 Å². The summed E-state index contributed by atoms with van der Waals surface area (Å²) >= 11 is 0. The van der Waals surface area contributed by atoms with Crippen LogP contribution in [0.1, 0.15) is 33.1 Å². The predicted molar refractivity (Wildman–Crippen MR) is 66.8 cm³/mol. The van der Waals surface area contributed by atoms with Crippen LogP contribution >= 0.6 is 0 Å². The molecule has 0 aliphatic carbocycles. The van der Waals surface area contributed by atoms with Crippen LogP contribution in [0.4, 0.5) is 11.6 Å². The average Bonchev–Trinajstić information content (AvgIpc) is 2.70. The van der Waals surface area contributed by atoms with Gasteiger partial charge in [0.1, 0.15) is 18.0 Å². The van der Waals surface area contributed by atoms with Crippen molar-refractivity contribution in [2.75, 3.05) is 17.3 Å². The number of anilines is 2. The Bertz CT molecular complexity index is 353. The fourth-order valence-corrected chi connectivity index (χ4v) is 2.51. The molecule has 1 aromatic rings. The molecular weight excluding hydrogens is 200 g/mol. The van der Waals surface area contributed by atoms with Crippen molar-refractivity contribution in [1.82, 2.24) is 9.97 Å². The summed E-state index contributed by atoms with van der Waals surface area (Å²) in [5.74, 6) is 1.94. The molecule has 0 aromatic carbocycles. The van der Waals surface area contributed by atoms with E-state index < -0.39 is 0 Å². The van der Waals surface area contributed by atoms with Gasteiger partial charge in [-0.05, 0) is 26.2 Å². The molecule has 0 saturated carbocycles. The highest BCUT2D eigenvalue weighted by Crippen LogP contribution is 2.31. The quantitative estimate of drug-likeness (QED) is 0.848. The third-order valence-corrected chi connectivity index (χ3v) is 3.43. The van der Waals surface area contributed by atoms with Gasteiger partial charge in [-0.3, -0.25) is 0 Å². The standard InChI is InChI=1S/C12H20N4/c1-4-10-6-5-9(2)16(10)12-7-11(13-3)14-8-15-12/h7-10H,4-6H2,1-3H3,(H,13,14,15). The lowest BCUT2D eigenvalue weighted by Crippen LogP contribution is -2.34. The van der Waals surface area contributed by atoms with Gasteiger partial charge >= 0.3 is 0 Å². The zero-order valence-electron chi connectivity index (χ0n) is 10.3. The Hall–Kier alpha value is -1.32. The highest BCUT2D eigenvalue weighted by Gasteiger charge is 2.30. The van der Waals surface area contributed by atoms with E-state index in [1.165, 1.54) is 19.3 Å². The van der Waals surface area contributed by atoms with Gasteiger partial charge in [-0.2, -0.15) is 0 Å². The molecule has 4 heteroatoms. The number of nitrogens with zero attached hydrogens (tertiary/aromatic N) is 3. The molecule has 0 spiro atoms. The van der Waals surface area contributed by atoms with Crippen molar-refractivity contribution >= 4 is 11.6 Å². The van der Waals surface area contributed by atoms with Crippen molar-refractivity contribution < 1.29 is 0 Å². The molecule has 88 valence electrons. The number of nitrogens with one attached hydrogen (secondary N) is 1. The van der Waals surface area contributed by atoms with Crippen molar-refractivity contribution in [3.05, 3.63) is 12.4 Å². The van der Waals surface area contributed by atoms with Crippen LogP contribution in [-0.4, -0.2) is 29.1 Å². The van der Waals surface area contributed by atoms with Crippen LogP contribution in [-0.2, 0) is 0 Å². The molecule has 1 N–H and O–H groups in total. The molecule has 2 unspecified atom stereocenters. The second-order valence-electron chi connectivity index (χ2n) is 4.41. The molecule has 1 aromatic heterocycles. The Morgan fingerprint density at radius 1 is 1.44 bits per heavy atom. The van der Waals surface area contributed by atoms with Crippen LogP contribution in [0.15, 0.2) is 12.4 Å². The van der Waals surface area contributed by atoms with E-state index in [0.29, 0.717) is 12.1 Å². The first-order valence-corrected chi connectivity index (χ1v) is 6.04. The van der Waals surface area contributed by atoms with Gasteiger partial charge in [0.2, 0.25) is 0 Å². The molecule has 0 radical (unpaired) electrons. The molecular formula is C12H20N4. The summed E-state index contributed by atoms with van der Waals surface area (Å²) in [5, 5.41) is 3.06. The van der Waals surface area contributed by atoms with Gasteiger partial charge in [-0.15, -0.1) is 0 Å². The number of hydrogen-bond acceptors (Lipinski definition) is 4. The lowest BCUT2D eigenvalue weighted by atomic mass is 10.1. The van der Waals surface area contributed by atoms with Crippen molar-refractivity contribution in [2.24, 2.45) is 0 Å². The SMILES string of the molecule is CCC1CCC(C)N1c1cc(NC)ncn1. The van der Waals surface area contributed by atoms with Gasteiger partial charge in [0.05, 0.1) is 0 Å². The smallest absolute Gasteiger partial charge is 0.134 e. The molecule has 1 aliphatic rings. The van der Waals surface area contributed by atoms with Crippen molar-refractivity contribution in [3.8, 4) is 0 Å². The van der Waals surface area contributed by atoms with Crippen molar-refractivity contribution in [2.45, 2.75) is 45.2 Å². The Kier molecular flexibility index (Phi) is 3.27. The van der Waals surface area contributed by atoms with E-state index in [0.717, 1.165) is 11.6 Å². The summed E-state index contributed by atoms with van der Waals surface area (Å²) in [6.07, 6.45) is 5.36. The second-order valence-corrected chi connectivity index (χ2v) is 4.41. The molecule has 4 nitrogen and oxygen atoms in total. The molecule has 2 heterocycles. The highest BCUT2D eigenvalue weighted by molar-refractivity contribution is 5.50. The molecule has 1 aliphatic heterocycles. The molecule has 0 amide bonds. The molecule has 2 rings (SSSR count). The first kappa shape index (κ1) is 11.2. The maximum Gasteiger partial charge on any atom is 0.134 e. The topological polar surface area (TPSA) is 41.0 Å². The Balaban J connectivity index is 2.27. The van der Waals surface area contributed by atoms with Crippen LogP contribution in [0, 0.1) is 0 Å². The lowest BCUT2D eigenvalue weighted by molar-refractivity contribution is 0.620. The van der Waals surface area contributed by atoms with Gasteiger partial charge in [0.15, 0.2) is 0 Å². The fraction of sp³-hybridized carbons (Fsp3) is 0.667.